The Morgan fingerprint density at radius 1 is 1.29 bits per heavy atom. The Morgan fingerprint density at radius 2 is 2.14 bits per heavy atom. The number of primary amides is 1. The second-order valence-corrected chi connectivity index (χ2v) is 6.89. The first kappa shape index (κ1) is 18.1. The number of nitrogens with one attached hydrogen (secondary N) is 1. The average Bonchev–Trinajstić information content (AvgIpc) is 3.15. The van der Waals surface area contributed by atoms with Gasteiger partial charge in [0.2, 0.25) is 0 Å². The summed E-state index contributed by atoms with van der Waals surface area (Å²) < 4.78 is 26.8. The maximum Gasteiger partial charge on any atom is 0.250 e. The minimum absolute atomic E-state index is 0.292. The third kappa shape index (κ3) is 3.45. The molecule has 1 amide bonds. The van der Waals surface area contributed by atoms with Crippen molar-refractivity contribution >= 4 is 28.2 Å². The summed E-state index contributed by atoms with van der Waals surface area (Å²) >= 11 is 0. The summed E-state index contributed by atoms with van der Waals surface area (Å²) in [5.74, 6) is -1.43. The van der Waals surface area contributed by atoms with Gasteiger partial charge in [0.25, 0.3) is 5.91 Å². The van der Waals surface area contributed by atoms with Gasteiger partial charge in [0.15, 0.2) is 0 Å². The van der Waals surface area contributed by atoms with Gasteiger partial charge >= 0.3 is 0 Å². The second kappa shape index (κ2) is 7.38. The van der Waals surface area contributed by atoms with Gasteiger partial charge in [0, 0.05) is 43.0 Å². The Kier molecular flexibility index (Phi) is 4.77. The van der Waals surface area contributed by atoms with Crippen molar-refractivity contribution in [3.05, 3.63) is 60.1 Å². The molecule has 144 valence electrons. The standard InChI is InChI=1S/C20H19F2N5O/c21-13-1-3-17(16(22)7-13)25-8-12-5-6-27(10-12)18-4-2-14(20(23)28)19-15(18)9-24-11-26-19/h1-4,7,9,11-12,25H,5-6,8,10H2,(H2,23,28). The quantitative estimate of drug-likeness (QED) is 0.708. The van der Waals surface area contributed by atoms with Crippen molar-refractivity contribution in [2.75, 3.05) is 29.9 Å². The predicted molar refractivity (Wildman–Crippen MR) is 103 cm³/mol. The highest BCUT2D eigenvalue weighted by Gasteiger charge is 2.25. The van der Waals surface area contributed by atoms with Gasteiger partial charge in [-0.3, -0.25) is 4.79 Å². The van der Waals surface area contributed by atoms with Crippen LogP contribution < -0.4 is 16.0 Å². The van der Waals surface area contributed by atoms with Crippen molar-refractivity contribution in [3.63, 3.8) is 0 Å². The number of benzene rings is 2. The first-order valence-electron chi connectivity index (χ1n) is 8.99. The van der Waals surface area contributed by atoms with Crippen LogP contribution in [0.2, 0.25) is 0 Å². The van der Waals surface area contributed by atoms with Crippen molar-refractivity contribution in [1.82, 2.24) is 9.97 Å². The van der Waals surface area contributed by atoms with Crippen LogP contribution >= 0.6 is 0 Å². The minimum Gasteiger partial charge on any atom is -0.382 e. The maximum atomic E-state index is 13.8. The number of hydrogen-bond donors (Lipinski definition) is 2. The predicted octanol–water partition coefficient (Wildman–Crippen LogP) is 2.95. The number of aromatic nitrogens is 2. The Hall–Kier alpha value is -3.29. The van der Waals surface area contributed by atoms with E-state index in [0.717, 1.165) is 36.7 Å². The molecule has 1 unspecified atom stereocenters. The summed E-state index contributed by atoms with van der Waals surface area (Å²) in [6.07, 6.45) is 4.00. The lowest BCUT2D eigenvalue weighted by molar-refractivity contribution is 0.100. The van der Waals surface area contributed by atoms with Crippen LogP contribution in [0.15, 0.2) is 42.9 Å². The molecule has 0 aliphatic carbocycles. The third-order valence-electron chi connectivity index (χ3n) is 5.06. The number of carbonyl (C=O) groups excluding carboxylic acids is 1. The number of nitrogens with zero attached hydrogens (tertiary/aromatic N) is 3. The van der Waals surface area contributed by atoms with Crippen molar-refractivity contribution < 1.29 is 13.6 Å². The molecule has 0 radical (unpaired) electrons. The molecule has 1 aliphatic heterocycles. The number of halogens is 2. The number of hydrogen-bond acceptors (Lipinski definition) is 5. The van der Waals surface area contributed by atoms with Gasteiger partial charge in [-0.15, -0.1) is 0 Å². The lowest BCUT2D eigenvalue weighted by Gasteiger charge is -2.21. The normalized spacial score (nSPS) is 16.5. The molecule has 0 spiro atoms. The molecule has 8 heteroatoms. The Labute approximate surface area is 160 Å². The highest BCUT2D eigenvalue weighted by atomic mass is 19.1. The molecule has 2 aromatic carbocycles. The Balaban J connectivity index is 1.50. The van der Waals surface area contributed by atoms with Crippen LogP contribution in [0.4, 0.5) is 20.2 Å². The van der Waals surface area contributed by atoms with Crippen LogP contribution in [-0.4, -0.2) is 35.5 Å². The van der Waals surface area contributed by atoms with Gasteiger partial charge in [-0.25, -0.2) is 18.7 Å². The average molecular weight is 383 g/mol. The van der Waals surface area contributed by atoms with Gasteiger partial charge in [-0.05, 0) is 36.6 Å². The van der Waals surface area contributed by atoms with E-state index in [1.165, 1.54) is 18.5 Å². The molecule has 6 nitrogen and oxygen atoms in total. The van der Waals surface area contributed by atoms with Gasteiger partial charge in [-0.2, -0.15) is 0 Å². The van der Waals surface area contributed by atoms with Crippen LogP contribution in [0.1, 0.15) is 16.8 Å². The number of anilines is 2. The number of nitrogens with two attached hydrogens (primary N) is 1. The lowest BCUT2D eigenvalue weighted by Crippen LogP contribution is -2.23. The SMILES string of the molecule is NC(=O)c1ccc(N2CCC(CNc3ccc(F)cc3F)C2)c2cncnc12. The number of carbonyl (C=O) groups is 1. The van der Waals surface area contributed by atoms with E-state index < -0.39 is 17.5 Å². The molecule has 1 saturated heterocycles. The Bertz CT molecular complexity index is 1040. The monoisotopic (exact) mass is 383 g/mol. The van der Waals surface area contributed by atoms with Crippen LogP contribution in [-0.2, 0) is 0 Å². The molecule has 1 aromatic heterocycles. The highest BCUT2D eigenvalue weighted by Crippen LogP contribution is 2.31. The zero-order valence-electron chi connectivity index (χ0n) is 15.0. The molecule has 1 fully saturated rings. The first-order valence-corrected chi connectivity index (χ1v) is 8.99. The van der Waals surface area contributed by atoms with Gasteiger partial charge < -0.3 is 16.0 Å². The molecule has 3 aromatic rings. The lowest BCUT2D eigenvalue weighted by atomic mass is 10.1. The molecule has 0 saturated carbocycles. The summed E-state index contributed by atoms with van der Waals surface area (Å²) in [4.78, 5) is 22.2. The van der Waals surface area contributed by atoms with Crippen molar-refractivity contribution in [2.45, 2.75) is 6.42 Å². The number of fused-ring (bicyclic) bond motifs is 1. The molecule has 0 bridgehead atoms. The van der Waals surface area contributed by atoms with Crippen molar-refractivity contribution in [1.29, 1.82) is 0 Å². The maximum absolute atomic E-state index is 13.8. The molecule has 28 heavy (non-hydrogen) atoms. The summed E-state index contributed by atoms with van der Waals surface area (Å²) in [6.45, 7) is 2.15. The van der Waals surface area contributed by atoms with E-state index >= 15 is 0 Å². The van der Waals surface area contributed by atoms with Crippen LogP contribution in [0.25, 0.3) is 10.9 Å². The van der Waals surface area contributed by atoms with Crippen molar-refractivity contribution in [3.8, 4) is 0 Å². The summed E-state index contributed by atoms with van der Waals surface area (Å²) in [6, 6.07) is 7.06. The summed E-state index contributed by atoms with van der Waals surface area (Å²) in [5.41, 5.74) is 7.59. The molecular formula is C20H19F2N5O. The zero-order chi connectivity index (χ0) is 19.7. The fraction of sp³-hybridized carbons (Fsp3) is 0.250. The van der Waals surface area contributed by atoms with Crippen molar-refractivity contribution in [2.24, 2.45) is 11.7 Å². The molecule has 4 rings (SSSR count). The fourth-order valence-corrected chi connectivity index (χ4v) is 3.64. The van der Waals surface area contributed by atoms with Crippen LogP contribution in [0.5, 0.6) is 0 Å². The molecule has 3 N–H and O–H groups in total. The zero-order valence-corrected chi connectivity index (χ0v) is 15.0. The minimum atomic E-state index is -0.597. The van der Waals surface area contributed by atoms with Crippen LogP contribution in [0.3, 0.4) is 0 Å². The number of rotatable bonds is 5. The smallest absolute Gasteiger partial charge is 0.250 e. The Morgan fingerprint density at radius 3 is 2.93 bits per heavy atom. The largest absolute Gasteiger partial charge is 0.382 e. The molecule has 2 heterocycles. The molecule has 1 aliphatic rings. The molecular weight excluding hydrogens is 364 g/mol. The van der Waals surface area contributed by atoms with E-state index in [9.17, 15) is 13.6 Å². The van der Waals surface area contributed by atoms with Gasteiger partial charge in [-0.1, -0.05) is 0 Å². The van der Waals surface area contributed by atoms with E-state index in [1.807, 2.05) is 6.07 Å². The van der Waals surface area contributed by atoms with Crippen LogP contribution in [0, 0.1) is 17.6 Å². The fourth-order valence-electron chi connectivity index (χ4n) is 3.64. The number of amides is 1. The second-order valence-electron chi connectivity index (χ2n) is 6.89. The van der Waals surface area contributed by atoms with E-state index in [2.05, 4.69) is 20.2 Å². The van der Waals surface area contributed by atoms with Gasteiger partial charge in [0.1, 0.15) is 18.0 Å². The molecule has 1 atom stereocenters. The summed E-state index contributed by atoms with van der Waals surface area (Å²) in [7, 11) is 0. The highest BCUT2D eigenvalue weighted by molar-refractivity contribution is 6.07. The summed E-state index contributed by atoms with van der Waals surface area (Å²) in [5, 5.41) is 3.84. The van der Waals surface area contributed by atoms with E-state index in [4.69, 9.17) is 5.73 Å². The van der Waals surface area contributed by atoms with E-state index in [1.54, 1.807) is 12.3 Å². The topological polar surface area (TPSA) is 84.1 Å². The van der Waals surface area contributed by atoms with E-state index in [0.29, 0.717) is 29.2 Å². The first-order chi connectivity index (χ1) is 13.5. The van der Waals surface area contributed by atoms with Gasteiger partial charge in [0.05, 0.1) is 16.8 Å². The third-order valence-corrected chi connectivity index (χ3v) is 5.06. The van der Waals surface area contributed by atoms with E-state index in [-0.39, 0.29) is 0 Å².